The highest BCUT2D eigenvalue weighted by Crippen LogP contribution is 2.22. The molecular formula is C18H17N3O2. The fourth-order valence-electron chi connectivity index (χ4n) is 2.45. The second-order valence-electron chi connectivity index (χ2n) is 5.48. The summed E-state index contributed by atoms with van der Waals surface area (Å²) in [5.41, 5.74) is 2.01. The molecule has 23 heavy (non-hydrogen) atoms. The van der Waals surface area contributed by atoms with Crippen LogP contribution in [0, 0.1) is 13.8 Å². The van der Waals surface area contributed by atoms with Gasteiger partial charge in [0.2, 0.25) is 5.91 Å². The van der Waals surface area contributed by atoms with Gasteiger partial charge in [-0.2, -0.15) is 5.10 Å². The number of carbonyl (C=O) groups is 1. The maximum Gasteiger partial charge on any atom is 0.267 e. The number of aryl methyl sites for hydroxylation is 2. The average molecular weight is 307 g/mol. The third-order valence-corrected chi connectivity index (χ3v) is 3.79. The zero-order valence-electron chi connectivity index (χ0n) is 13.0. The van der Waals surface area contributed by atoms with Crippen molar-refractivity contribution in [2.75, 3.05) is 5.32 Å². The summed E-state index contributed by atoms with van der Waals surface area (Å²) in [7, 11) is 0. The first-order valence-electron chi connectivity index (χ1n) is 7.37. The molecular weight excluding hydrogens is 290 g/mol. The molecule has 0 radical (unpaired) electrons. The third-order valence-electron chi connectivity index (χ3n) is 3.79. The highest BCUT2D eigenvalue weighted by Gasteiger charge is 2.09. The molecule has 1 heterocycles. The summed E-state index contributed by atoms with van der Waals surface area (Å²) in [4.78, 5) is 24.2. The molecule has 3 rings (SSSR count). The Morgan fingerprint density at radius 1 is 1.13 bits per heavy atom. The lowest BCUT2D eigenvalue weighted by atomic mass is 10.1. The van der Waals surface area contributed by atoms with Crippen LogP contribution in [-0.4, -0.2) is 15.7 Å². The number of aromatic nitrogens is 2. The molecule has 0 atom stereocenters. The molecule has 0 aliphatic rings. The van der Waals surface area contributed by atoms with E-state index in [0.717, 1.165) is 27.7 Å². The summed E-state index contributed by atoms with van der Waals surface area (Å²) in [6.07, 6.45) is 0. The molecule has 1 amide bonds. The largest absolute Gasteiger partial charge is 0.324 e. The van der Waals surface area contributed by atoms with Crippen LogP contribution in [0.1, 0.15) is 11.3 Å². The molecule has 1 aromatic heterocycles. The van der Waals surface area contributed by atoms with E-state index >= 15 is 0 Å². The van der Waals surface area contributed by atoms with Crippen molar-refractivity contribution in [1.82, 2.24) is 9.78 Å². The van der Waals surface area contributed by atoms with E-state index in [1.165, 1.54) is 10.7 Å². The van der Waals surface area contributed by atoms with Gasteiger partial charge in [0.25, 0.3) is 5.56 Å². The Hall–Kier alpha value is -2.95. The van der Waals surface area contributed by atoms with E-state index in [1.807, 2.05) is 56.3 Å². The van der Waals surface area contributed by atoms with Crippen LogP contribution in [-0.2, 0) is 11.3 Å². The Morgan fingerprint density at radius 2 is 1.87 bits per heavy atom. The first kappa shape index (κ1) is 15.0. The van der Waals surface area contributed by atoms with Crippen molar-refractivity contribution >= 4 is 22.4 Å². The molecule has 0 spiro atoms. The second kappa shape index (κ2) is 6.04. The highest BCUT2D eigenvalue weighted by atomic mass is 16.2. The molecule has 116 valence electrons. The monoisotopic (exact) mass is 307 g/mol. The number of hydrogen-bond acceptors (Lipinski definition) is 3. The zero-order chi connectivity index (χ0) is 16.4. The Bertz CT molecular complexity index is 939. The lowest BCUT2D eigenvalue weighted by Gasteiger charge is -2.10. The van der Waals surface area contributed by atoms with Crippen LogP contribution in [0.25, 0.3) is 10.8 Å². The van der Waals surface area contributed by atoms with Crippen LogP contribution in [0.5, 0.6) is 0 Å². The number of amides is 1. The van der Waals surface area contributed by atoms with E-state index in [1.54, 1.807) is 0 Å². The van der Waals surface area contributed by atoms with Crippen molar-refractivity contribution in [3.8, 4) is 0 Å². The minimum atomic E-state index is -0.279. The van der Waals surface area contributed by atoms with Crippen LogP contribution >= 0.6 is 0 Å². The molecule has 0 fully saturated rings. The van der Waals surface area contributed by atoms with E-state index < -0.39 is 0 Å². The third kappa shape index (κ3) is 3.13. The van der Waals surface area contributed by atoms with Crippen LogP contribution in [0.3, 0.4) is 0 Å². The number of nitrogens with one attached hydrogen (secondary N) is 1. The number of nitrogens with zero attached hydrogens (tertiary/aromatic N) is 2. The van der Waals surface area contributed by atoms with Crippen molar-refractivity contribution < 1.29 is 4.79 Å². The second-order valence-corrected chi connectivity index (χ2v) is 5.48. The van der Waals surface area contributed by atoms with Gasteiger partial charge >= 0.3 is 0 Å². The van der Waals surface area contributed by atoms with Crippen molar-refractivity contribution in [1.29, 1.82) is 0 Å². The van der Waals surface area contributed by atoms with Crippen LogP contribution in [0.2, 0.25) is 0 Å². The van der Waals surface area contributed by atoms with E-state index in [9.17, 15) is 9.59 Å². The fraction of sp³-hybridized carbons (Fsp3) is 0.167. The predicted molar refractivity (Wildman–Crippen MR) is 90.5 cm³/mol. The van der Waals surface area contributed by atoms with Crippen molar-refractivity contribution in [3.05, 3.63) is 70.1 Å². The van der Waals surface area contributed by atoms with E-state index in [-0.39, 0.29) is 18.0 Å². The lowest BCUT2D eigenvalue weighted by molar-refractivity contribution is -0.117. The van der Waals surface area contributed by atoms with Gasteiger partial charge in [0.1, 0.15) is 6.54 Å². The van der Waals surface area contributed by atoms with Gasteiger partial charge in [-0.25, -0.2) is 4.68 Å². The number of rotatable bonds is 3. The van der Waals surface area contributed by atoms with Crippen molar-refractivity contribution in [2.45, 2.75) is 20.4 Å². The van der Waals surface area contributed by atoms with Crippen molar-refractivity contribution in [2.24, 2.45) is 0 Å². The van der Waals surface area contributed by atoms with Gasteiger partial charge in [-0.05, 0) is 30.9 Å². The van der Waals surface area contributed by atoms with Gasteiger partial charge in [-0.15, -0.1) is 0 Å². The van der Waals surface area contributed by atoms with Gasteiger partial charge in [-0.3, -0.25) is 9.59 Å². The van der Waals surface area contributed by atoms with E-state index in [0.29, 0.717) is 0 Å². The van der Waals surface area contributed by atoms with Crippen LogP contribution in [0.15, 0.2) is 53.3 Å². The minimum absolute atomic E-state index is 0.108. The van der Waals surface area contributed by atoms with E-state index in [4.69, 9.17) is 0 Å². The summed E-state index contributed by atoms with van der Waals surface area (Å²) < 4.78 is 1.18. The summed E-state index contributed by atoms with van der Waals surface area (Å²) in [6.45, 7) is 3.53. The topological polar surface area (TPSA) is 64.0 Å². The standard InChI is InChI=1S/C18H17N3O2/c1-12-10-18(23)21(20-13(12)2)11-17(22)19-16-9-5-7-14-6-3-4-8-15(14)16/h3-10H,11H2,1-2H3,(H,19,22). The number of hydrogen-bond donors (Lipinski definition) is 1. The molecule has 0 aliphatic carbocycles. The minimum Gasteiger partial charge on any atom is -0.324 e. The Morgan fingerprint density at radius 3 is 2.70 bits per heavy atom. The van der Waals surface area contributed by atoms with Gasteiger partial charge < -0.3 is 5.32 Å². The summed E-state index contributed by atoms with van der Waals surface area (Å²) in [5, 5.41) is 9.03. The Kier molecular flexibility index (Phi) is 3.93. The molecule has 0 bridgehead atoms. The fourth-order valence-corrected chi connectivity index (χ4v) is 2.45. The molecule has 2 aromatic carbocycles. The summed E-state index contributed by atoms with van der Waals surface area (Å²) >= 11 is 0. The predicted octanol–water partition coefficient (Wildman–Crippen LogP) is 2.65. The molecule has 0 saturated heterocycles. The highest BCUT2D eigenvalue weighted by molar-refractivity contribution is 6.01. The molecule has 0 saturated carbocycles. The van der Waals surface area contributed by atoms with Gasteiger partial charge in [0, 0.05) is 17.1 Å². The molecule has 1 N–H and O–H groups in total. The molecule has 3 aromatic rings. The molecule has 5 heteroatoms. The zero-order valence-corrected chi connectivity index (χ0v) is 13.0. The maximum absolute atomic E-state index is 12.3. The van der Waals surface area contributed by atoms with Crippen LogP contribution < -0.4 is 10.9 Å². The van der Waals surface area contributed by atoms with E-state index in [2.05, 4.69) is 10.4 Å². The Labute approximate surface area is 133 Å². The number of anilines is 1. The first-order valence-corrected chi connectivity index (χ1v) is 7.37. The Balaban J connectivity index is 1.85. The van der Waals surface area contributed by atoms with Crippen molar-refractivity contribution in [3.63, 3.8) is 0 Å². The normalized spacial score (nSPS) is 10.7. The average Bonchev–Trinajstić information content (AvgIpc) is 2.53. The molecule has 5 nitrogen and oxygen atoms in total. The number of carbonyl (C=O) groups excluding carboxylic acids is 1. The lowest BCUT2D eigenvalue weighted by Crippen LogP contribution is -2.30. The summed E-state index contributed by atoms with van der Waals surface area (Å²) in [6, 6.07) is 15.0. The van der Waals surface area contributed by atoms with Gasteiger partial charge in [0.15, 0.2) is 0 Å². The number of fused-ring (bicyclic) bond motifs is 1. The number of benzene rings is 2. The summed E-state index contributed by atoms with van der Waals surface area (Å²) in [5.74, 6) is -0.279. The maximum atomic E-state index is 12.3. The van der Waals surface area contributed by atoms with Crippen LogP contribution in [0.4, 0.5) is 5.69 Å². The van der Waals surface area contributed by atoms with Gasteiger partial charge in [0.05, 0.1) is 5.69 Å². The molecule has 0 unspecified atom stereocenters. The quantitative estimate of drug-likeness (QED) is 0.809. The SMILES string of the molecule is Cc1cc(=O)n(CC(=O)Nc2cccc3ccccc23)nc1C. The molecule has 0 aliphatic heterocycles. The first-order chi connectivity index (χ1) is 11.0. The van der Waals surface area contributed by atoms with Gasteiger partial charge in [-0.1, -0.05) is 36.4 Å². The smallest absolute Gasteiger partial charge is 0.267 e.